The smallest absolute Gasteiger partial charge is 0.336 e. The average molecular weight is 362 g/mol. The van der Waals surface area contributed by atoms with Crippen LogP contribution in [0.25, 0.3) is 5.57 Å². The Hall–Kier alpha value is -1.43. The summed E-state index contributed by atoms with van der Waals surface area (Å²) in [7, 11) is 0. The molecule has 3 nitrogen and oxygen atoms in total. The number of carbonyl (C=O) groups is 1. The van der Waals surface area contributed by atoms with E-state index >= 15 is 0 Å². The third kappa shape index (κ3) is 4.15. The van der Waals surface area contributed by atoms with Gasteiger partial charge >= 0.3 is 5.97 Å². The molecule has 1 aliphatic rings. The Balaban J connectivity index is 2.03. The highest BCUT2D eigenvalue weighted by molar-refractivity contribution is 7.13. The molecule has 1 saturated heterocycles. The van der Waals surface area contributed by atoms with Gasteiger partial charge in [0.25, 0.3) is 0 Å². The highest BCUT2D eigenvalue weighted by Gasteiger charge is 2.24. The lowest BCUT2D eigenvalue weighted by atomic mass is 10.0. The average Bonchev–Trinajstić information content (AvgIpc) is 3.30. The number of carbonyl (C=O) groups excluding carboxylic acids is 1. The summed E-state index contributed by atoms with van der Waals surface area (Å²) in [6.45, 7) is 5.07. The van der Waals surface area contributed by atoms with Crippen LogP contribution in [0.1, 0.15) is 35.9 Å². The van der Waals surface area contributed by atoms with Crippen LogP contribution in [0.5, 0.6) is 0 Å². The number of esters is 1. The molecule has 24 heavy (non-hydrogen) atoms. The van der Waals surface area contributed by atoms with E-state index in [0.717, 1.165) is 34.0 Å². The van der Waals surface area contributed by atoms with Crippen LogP contribution in [0.15, 0.2) is 40.6 Å². The highest BCUT2D eigenvalue weighted by atomic mass is 32.1. The van der Waals surface area contributed by atoms with Gasteiger partial charge in [-0.3, -0.25) is 4.90 Å². The number of hydrogen-bond donors (Lipinski definition) is 0. The standard InChI is InChI=1S/C19H23NO2S2/c1-2-22-19(21)15(14-20-10-4-3-5-11-20)18(16-8-6-12-23-16)17-9-7-13-24-17/h6-9,12-13H,2-5,10-11,14H2,1H3. The van der Waals surface area contributed by atoms with Gasteiger partial charge in [-0.2, -0.15) is 0 Å². The van der Waals surface area contributed by atoms with Crippen molar-refractivity contribution in [1.29, 1.82) is 0 Å². The van der Waals surface area contributed by atoms with Crippen LogP contribution in [0.2, 0.25) is 0 Å². The van der Waals surface area contributed by atoms with Crippen molar-refractivity contribution < 1.29 is 9.53 Å². The van der Waals surface area contributed by atoms with E-state index in [-0.39, 0.29) is 5.97 Å². The second-order valence-electron chi connectivity index (χ2n) is 5.87. The molecule has 0 N–H and O–H groups in total. The number of piperidine rings is 1. The van der Waals surface area contributed by atoms with Crippen LogP contribution >= 0.6 is 22.7 Å². The maximum absolute atomic E-state index is 12.8. The third-order valence-electron chi connectivity index (χ3n) is 4.19. The molecule has 0 saturated carbocycles. The molecule has 3 rings (SSSR count). The van der Waals surface area contributed by atoms with E-state index in [9.17, 15) is 4.79 Å². The first-order chi connectivity index (χ1) is 11.8. The summed E-state index contributed by atoms with van der Waals surface area (Å²) in [5.74, 6) is -0.181. The molecule has 0 amide bonds. The van der Waals surface area contributed by atoms with E-state index in [4.69, 9.17) is 4.74 Å². The predicted octanol–water partition coefficient (Wildman–Crippen LogP) is 4.66. The summed E-state index contributed by atoms with van der Waals surface area (Å²) in [6.07, 6.45) is 3.71. The van der Waals surface area contributed by atoms with Gasteiger partial charge in [0.2, 0.25) is 0 Å². The van der Waals surface area contributed by atoms with Gasteiger partial charge in [-0.05, 0) is 55.7 Å². The fraction of sp³-hybridized carbons (Fsp3) is 0.421. The van der Waals surface area contributed by atoms with E-state index in [1.54, 1.807) is 22.7 Å². The van der Waals surface area contributed by atoms with Crippen molar-refractivity contribution in [2.75, 3.05) is 26.2 Å². The van der Waals surface area contributed by atoms with Crippen molar-refractivity contribution in [3.63, 3.8) is 0 Å². The van der Waals surface area contributed by atoms with Gasteiger partial charge in [-0.1, -0.05) is 18.6 Å². The Bertz CT molecular complexity index is 632. The molecule has 3 heterocycles. The molecule has 2 aromatic heterocycles. The second-order valence-corrected chi connectivity index (χ2v) is 7.76. The number of thiophene rings is 2. The molecule has 0 bridgehead atoms. The van der Waals surface area contributed by atoms with Gasteiger partial charge in [0, 0.05) is 21.9 Å². The number of hydrogen-bond acceptors (Lipinski definition) is 5. The van der Waals surface area contributed by atoms with Crippen LogP contribution in [-0.2, 0) is 9.53 Å². The molecule has 0 aromatic carbocycles. The monoisotopic (exact) mass is 361 g/mol. The summed E-state index contributed by atoms with van der Waals surface area (Å²) in [5.41, 5.74) is 1.84. The normalized spacial score (nSPS) is 15.2. The molecule has 1 fully saturated rings. The van der Waals surface area contributed by atoms with Crippen molar-refractivity contribution in [1.82, 2.24) is 4.90 Å². The van der Waals surface area contributed by atoms with Crippen molar-refractivity contribution in [2.24, 2.45) is 0 Å². The molecule has 0 aliphatic carbocycles. The number of rotatable bonds is 6. The van der Waals surface area contributed by atoms with E-state index in [1.807, 2.05) is 19.1 Å². The first-order valence-electron chi connectivity index (χ1n) is 8.50. The van der Waals surface area contributed by atoms with Gasteiger partial charge in [-0.15, -0.1) is 22.7 Å². The molecule has 0 atom stereocenters. The Labute approximate surface area is 151 Å². The molecular formula is C19H23NO2S2. The van der Waals surface area contributed by atoms with Crippen molar-refractivity contribution >= 4 is 34.2 Å². The number of ether oxygens (including phenoxy) is 1. The minimum absolute atomic E-state index is 0.181. The zero-order chi connectivity index (χ0) is 16.8. The topological polar surface area (TPSA) is 29.5 Å². The summed E-state index contributed by atoms with van der Waals surface area (Å²) in [6, 6.07) is 8.26. The van der Waals surface area contributed by atoms with Gasteiger partial charge < -0.3 is 4.74 Å². The lowest BCUT2D eigenvalue weighted by molar-refractivity contribution is -0.138. The van der Waals surface area contributed by atoms with E-state index in [2.05, 4.69) is 27.8 Å². The fourth-order valence-electron chi connectivity index (χ4n) is 3.07. The summed E-state index contributed by atoms with van der Waals surface area (Å²) in [5, 5.41) is 4.12. The van der Waals surface area contributed by atoms with Crippen molar-refractivity contribution in [3.05, 3.63) is 50.4 Å². The van der Waals surface area contributed by atoms with E-state index in [0.29, 0.717) is 13.2 Å². The van der Waals surface area contributed by atoms with Crippen LogP contribution in [0.4, 0.5) is 0 Å². The number of likely N-dealkylation sites (tertiary alicyclic amines) is 1. The SMILES string of the molecule is CCOC(=O)C(CN1CCCCC1)=C(c1cccs1)c1cccs1. The van der Waals surface area contributed by atoms with Gasteiger partial charge in [0.15, 0.2) is 0 Å². The molecular weight excluding hydrogens is 338 g/mol. The molecule has 0 radical (unpaired) electrons. The largest absolute Gasteiger partial charge is 0.463 e. The molecule has 5 heteroatoms. The Kier molecular flexibility index (Phi) is 6.24. The quantitative estimate of drug-likeness (QED) is 0.553. The van der Waals surface area contributed by atoms with Crippen molar-refractivity contribution in [3.8, 4) is 0 Å². The van der Waals surface area contributed by atoms with E-state index in [1.165, 1.54) is 19.3 Å². The Morgan fingerprint density at radius 1 is 1.08 bits per heavy atom. The number of nitrogens with zero attached hydrogens (tertiary/aromatic N) is 1. The van der Waals surface area contributed by atoms with Crippen LogP contribution in [-0.4, -0.2) is 37.1 Å². The van der Waals surface area contributed by atoms with Gasteiger partial charge in [0.1, 0.15) is 0 Å². The molecule has 2 aromatic rings. The minimum Gasteiger partial charge on any atom is -0.463 e. The zero-order valence-electron chi connectivity index (χ0n) is 14.0. The summed E-state index contributed by atoms with van der Waals surface area (Å²) >= 11 is 3.36. The lowest BCUT2D eigenvalue weighted by Gasteiger charge is -2.27. The van der Waals surface area contributed by atoms with Gasteiger partial charge in [0.05, 0.1) is 12.2 Å². The minimum atomic E-state index is -0.181. The molecule has 128 valence electrons. The zero-order valence-corrected chi connectivity index (χ0v) is 15.6. The third-order valence-corrected chi connectivity index (χ3v) is 5.96. The molecule has 0 unspecified atom stereocenters. The molecule has 0 spiro atoms. The molecule has 1 aliphatic heterocycles. The Morgan fingerprint density at radius 3 is 2.21 bits per heavy atom. The highest BCUT2D eigenvalue weighted by Crippen LogP contribution is 2.34. The van der Waals surface area contributed by atoms with Crippen molar-refractivity contribution in [2.45, 2.75) is 26.2 Å². The summed E-state index contributed by atoms with van der Waals surface area (Å²) in [4.78, 5) is 17.4. The van der Waals surface area contributed by atoms with E-state index < -0.39 is 0 Å². The Morgan fingerprint density at radius 2 is 1.71 bits per heavy atom. The lowest BCUT2D eigenvalue weighted by Crippen LogP contribution is -2.33. The summed E-state index contributed by atoms with van der Waals surface area (Å²) < 4.78 is 5.41. The first-order valence-corrected chi connectivity index (χ1v) is 10.3. The second kappa shape index (κ2) is 8.60. The predicted molar refractivity (Wildman–Crippen MR) is 102 cm³/mol. The fourth-order valence-corrected chi connectivity index (χ4v) is 4.75. The first kappa shape index (κ1) is 17.4. The maximum Gasteiger partial charge on any atom is 0.336 e. The van der Waals surface area contributed by atoms with Crippen LogP contribution in [0.3, 0.4) is 0 Å². The van der Waals surface area contributed by atoms with Crippen LogP contribution in [0, 0.1) is 0 Å². The maximum atomic E-state index is 12.8. The van der Waals surface area contributed by atoms with Crippen LogP contribution < -0.4 is 0 Å². The van der Waals surface area contributed by atoms with Gasteiger partial charge in [-0.25, -0.2) is 4.79 Å².